The van der Waals surface area contributed by atoms with Crippen LogP contribution in [0, 0.1) is 11.3 Å². The molecule has 0 radical (unpaired) electrons. The smallest absolute Gasteiger partial charge is 0.0467 e. The first-order valence-corrected chi connectivity index (χ1v) is 3.38. The van der Waals surface area contributed by atoms with Crippen molar-refractivity contribution in [3.8, 4) is 0 Å². The molecule has 1 nitrogen and oxygen atoms in total. The zero-order valence-corrected chi connectivity index (χ0v) is 6.15. The summed E-state index contributed by atoms with van der Waals surface area (Å²) < 4.78 is 0. The van der Waals surface area contributed by atoms with Gasteiger partial charge in [0.25, 0.3) is 0 Å². The van der Waals surface area contributed by atoms with Gasteiger partial charge in [-0.1, -0.05) is 19.1 Å². The Kier molecular flexibility index (Phi) is 1.39. The van der Waals surface area contributed by atoms with Gasteiger partial charge in [-0.05, 0) is 24.7 Å². The first kappa shape index (κ1) is 6.81. The molecule has 0 saturated heterocycles. The van der Waals surface area contributed by atoms with Crippen molar-refractivity contribution in [1.29, 1.82) is 0 Å². The third kappa shape index (κ3) is 0.897. The summed E-state index contributed by atoms with van der Waals surface area (Å²) in [5.41, 5.74) is 1.48. The molecule has 0 aromatic rings. The van der Waals surface area contributed by atoms with E-state index in [9.17, 15) is 0 Å². The minimum atomic E-state index is 0.273. The highest BCUT2D eigenvalue weighted by Gasteiger charge is 2.49. The van der Waals surface area contributed by atoms with Crippen molar-refractivity contribution in [2.75, 3.05) is 6.61 Å². The van der Waals surface area contributed by atoms with Crippen LogP contribution in [0.3, 0.4) is 0 Å². The number of allylic oxidation sites excluding steroid dienone is 1. The summed E-state index contributed by atoms with van der Waals surface area (Å²) >= 11 is 0. The van der Waals surface area contributed by atoms with Gasteiger partial charge < -0.3 is 5.11 Å². The van der Waals surface area contributed by atoms with Gasteiger partial charge in [0.15, 0.2) is 0 Å². The predicted molar refractivity (Wildman–Crippen MR) is 38.1 cm³/mol. The van der Waals surface area contributed by atoms with Gasteiger partial charge in [0.2, 0.25) is 0 Å². The molecule has 1 heteroatoms. The third-order valence-electron chi connectivity index (χ3n) is 2.61. The quantitative estimate of drug-likeness (QED) is 0.557. The zero-order valence-electron chi connectivity index (χ0n) is 6.15. The Morgan fingerprint density at radius 3 is 2.56 bits per heavy atom. The van der Waals surface area contributed by atoms with Crippen molar-refractivity contribution in [2.45, 2.75) is 20.3 Å². The lowest BCUT2D eigenvalue weighted by Crippen LogP contribution is -2.01. The van der Waals surface area contributed by atoms with Crippen LogP contribution in [0.1, 0.15) is 20.3 Å². The monoisotopic (exact) mass is 126 g/mol. The Morgan fingerprint density at radius 2 is 2.44 bits per heavy atom. The highest BCUT2D eigenvalue weighted by Crippen LogP contribution is 2.56. The normalized spacial score (nSPS) is 40.6. The van der Waals surface area contributed by atoms with E-state index in [-0.39, 0.29) is 5.41 Å². The van der Waals surface area contributed by atoms with Crippen molar-refractivity contribution in [3.63, 3.8) is 0 Å². The van der Waals surface area contributed by atoms with Gasteiger partial charge >= 0.3 is 0 Å². The molecular weight excluding hydrogens is 112 g/mol. The topological polar surface area (TPSA) is 20.2 Å². The van der Waals surface area contributed by atoms with Crippen LogP contribution < -0.4 is 0 Å². The summed E-state index contributed by atoms with van der Waals surface area (Å²) in [5, 5.41) is 8.75. The molecule has 2 atom stereocenters. The van der Waals surface area contributed by atoms with Crippen LogP contribution in [-0.4, -0.2) is 11.7 Å². The zero-order chi connectivity index (χ0) is 7.07. The van der Waals surface area contributed by atoms with Crippen LogP contribution in [0.15, 0.2) is 12.2 Å². The van der Waals surface area contributed by atoms with Crippen LogP contribution in [0.5, 0.6) is 0 Å². The van der Waals surface area contributed by atoms with Gasteiger partial charge in [-0.2, -0.15) is 0 Å². The van der Waals surface area contributed by atoms with Gasteiger partial charge in [0.1, 0.15) is 0 Å². The lowest BCUT2D eigenvalue weighted by atomic mass is 9.99. The molecule has 0 bridgehead atoms. The minimum Gasteiger partial charge on any atom is -0.396 e. The van der Waals surface area contributed by atoms with Gasteiger partial charge in [-0.15, -0.1) is 0 Å². The fourth-order valence-corrected chi connectivity index (χ4v) is 1.24. The molecule has 0 heterocycles. The van der Waals surface area contributed by atoms with Gasteiger partial charge in [0, 0.05) is 6.61 Å². The summed E-state index contributed by atoms with van der Waals surface area (Å²) in [7, 11) is 0. The molecule has 52 valence electrons. The predicted octanol–water partition coefficient (Wildman–Crippen LogP) is 1.58. The Bertz CT molecular complexity index is 140. The Morgan fingerprint density at radius 1 is 1.89 bits per heavy atom. The van der Waals surface area contributed by atoms with Crippen LogP contribution in [0.4, 0.5) is 0 Å². The lowest BCUT2D eigenvalue weighted by molar-refractivity contribution is 0.260. The maximum absolute atomic E-state index is 8.75. The first-order valence-electron chi connectivity index (χ1n) is 3.38. The molecule has 1 N–H and O–H groups in total. The van der Waals surface area contributed by atoms with Gasteiger partial charge in [-0.25, -0.2) is 0 Å². The molecule has 0 aromatic carbocycles. The molecule has 0 spiro atoms. The van der Waals surface area contributed by atoms with Crippen molar-refractivity contribution in [1.82, 2.24) is 0 Å². The summed E-state index contributed by atoms with van der Waals surface area (Å²) in [6.07, 6.45) is 1.12. The Labute approximate surface area is 56.4 Å². The van der Waals surface area contributed by atoms with E-state index in [0.29, 0.717) is 12.5 Å². The largest absolute Gasteiger partial charge is 0.396 e. The van der Waals surface area contributed by atoms with E-state index in [2.05, 4.69) is 13.5 Å². The average molecular weight is 126 g/mol. The molecule has 2 unspecified atom stereocenters. The van der Waals surface area contributed by atoms with E-state index in [1.54, 1.807) is 0 Å². The van der Waals surface area contributed by atoms with E-state index in [1.807, 2.05) is 6.92 Å². The van der Waals surface area contributed by atoms with Gasteiger partial charge in [0.05, 0.1) is 0 Å². The number of aliphatic hydroxyl groups is 1. The Balaban J connectivity index is 2.52. The van der Waals surface area contributed by atoms with Crippen LogP contribution >= 0.6 is 0 Å². The molecule has 0 aromatic heterocycles. The highest BCUT2D eigenvalue weighted by molar-refractivity contribution is 5.18. The maximum Gasteiger partial charge on any atom is 0.0467 e. The fraction of sp³-hybridized carbons (Fsp3) is 0.750. The second kappa shape index (κ2) is 1.84. The Hall–Kier alpha value is -0.300. The number of rotatable bonds is 2. The molecule has 9 heavy (non-hydrogen) atoms. The molecule has 1 aliphatic rings. The molecule has 0 amide bonds. The van der Waals surface area contributed by atoms with Crippen molar-refractivity contribution in [3.05, 3.63) is 12.2 Å². The lowest BCUT2D eigenvalue weighted by Gasteiger charge is -2.07. The van der Waals surface area contributed by atoms with Crippen molar-refractivity contribution in [2.24, 2.45) is 11.3 Å². The summed E-state index contributed by atoms with van der Waals surface area (Å²) in [5.74, 6) is 0.495. The molecular formula is C8H14O. The van der Waals surface area contributed by atoms with Crippen molar-refractivity contribution >= 4 is 0 Å². The summed E-state index contributed by atoms with van der Waals surface area (Å²) in [6.45, 7) is 8.40. The van der Waals surface area contributed by atoms with E-state index in [1.165, 1.54) is 5.57 Å². The molecule has 1 saturated carbocycles. The number of aliphatic hydroxyl groups excluding tert-OH is 1. The number of hydrogen-bond acceptors (Lipinski definition) is 1. The standard InChI is InChI=1S/C8H14O/c1-6(2)8(3)4-7(8)5-9/h7,9H,1,4-5H2,2-3H3. The molecule has 1 aliphatic carbocycles. The van der Waals surface area contributed by atoms with Crippen molar-refractivity contribution < 1.29 is 5.11 Å². The first-order chi connectivity index (χ1) is 4.11. The van der Waals surface area contributed by atoms with Crippen LogP contribution in [-0.2, 0) is 0 Å². The summed E-state index contributed by atoms with van der Waals surface area (Å²) in [4.78, 5) is 0. The molecule has 0 aliphatic heterocycles. The van der Waals surface area contributed by atoms with E-state index < -0.39 is 0 Å². The van der Waals surface area contributed by atoms with E-state index >= 15 is 0 Å². The number of hydrogen-bond donors (Lipinski definition) is 1. The second-order valence-electron chi connectivity index (χ2n) is 3.28. The minimum absolute atomic E-state index is 0.273. The van der Waals surface area contributed by atoms with Crippen LogP contribution in [0.2, 0.25) is 0 Å². The van der Waals surface area contributed by atoms with E-state index in [4.69, 9.17) is 5.11 Å². The maximum atomic E-state index is 8.75. The fourth-order valence-electron chi connectivity index (χ4n) is 1.24. The summed E-state index contributed by atoms with van der Waals surface area (Å²) in [6, 6.07) is 0. The highest BCUT2D eigenvalue weighted by atomic mass is 16.3. The second-order valence-corrected chi connectivity index (χ2v) is 3.28. The molecule has 1 fully saturated rings. The third-order valence-corrected chi connectivity index (χ3v) is 2.61. The molecule has 1 rings (SSSR count). The van der Waals surface area contributed by atoms with Crippen LogP contribution in [0.25, 0.3) is 0 Å². The van der Waals surface area contributed by atoms with Gasteiger partial charge in [-0.3, -0.25) is 0 Å². The average Bonchev–Trinajstić information content (AvgIpc) is 2.44. The van der Waals surface area contributed by atoms with E-state index in [0.717, 1.165) is 6.42 Å². The SMILES string of the molecule is C=C(C)C1(C)CC1CO.